The van der Waals surface area contributed by atoms with Crippen molar-refractivity contribution in [3.05, 3.63) is 11.9 Å². The van der Waals surface area contributed by atoms with Gasteiger partial charge in [-0.15, -0.1) is 22.3 Å². The summed E-state index contributed by atoms with van der Waals surface area (Å²) in [6.45, 7) is 2.11. The molecule has 0 amide bonds. The Balaban J connectivity index is 0.00000256. The van der Waals surface area contributed by atoms with Gasteiger partial charge in [-0.3, -0.25) is 10.9 Å². The van der Waals surface area contributed by atoms with Gasteiger partial charge in [-0.05, 0) is 30.0 Å². The highest BCUT2D eigenvalue weighted by Gasteiger charge is 2.03. The topological polar surface area (TPSA) is 73.9 Å². The van der Waals surface area contributed by atoms with E-state index >= 15 is 0 Å². The zero-order chi connectivity index (χ0) is 11.8. The maximum atomic E-state index is 5.34. The molecule has 0 atom stereocenters. The maximum absolute atomic E-state index is 5.34. The van der Waals surface area contributed by atoms with E-state index in [2.05, 4.69) is 37.6 Å². The second-order valence-electron chi connectivity index (χ2n) is 3.10. The number of aryl methyl sites for hydroxylation is 1. The van der Waals surface area contributed by atoms with Crippen LogP contribution in [-0.2, 0) is 6.42 Å². The molecule has 1 rings (SSSR count). The normalized spacial score (nSPS) is 9.59. The summed E-state index contributed by atoms with van der Waals surface area (Å²) in [6, 6.07) is 1.67. The lowest BCUT2D eigenvalue weighted by Crippen LogP contribution is -2.15. The molecule has 0 aliphatic rings. The van der Waals surface area contributed by atoms with Crippen LogP contribution in [0.4, 0.5) is 11.6 Å². The van der Waals surface area contributed by atoms with Crippen LogP contribution in [0.3, 0.4) is 0 Å². The zero-order valence-corrected chi connectivity index (χ0v) is 11.6. The number of aromatic nitrogens is 2. The van der Waals surface area contributed by atoms with Crippen LogP contribution in [0.15, 0.2) is 6.07 Å². The third kappa shape index (κ3) is 6.09. The Morgan fingerprint density at radius 2 is 1.65 bits per heavy atom. The van der Waals surface area contributed by atoms with Crippen molar-refractivity contribution in [3.8, 4) is 0 Å². The van der Waals surface area contributed by atoms with Crippen LogP contribution in [0, 0.1) is 0 Å². The predicted molar refractivity (Wildman–Crippen MR) is 73.1 cm³/mol. The third-order valence-corrected chi connectivity index (χ3v) is 2.07. The fourth-order valence-electron chi connectivity index (χ4n) is 1.17. The second-order valence-corrected chi connectivity index (χ2v) is 3.48. The van der Waals surface area contributed by atoms with E-state index in [-0.39, 0.29) is 12.4 Å². The Bertz CT molecular complexity index is 300. The lowest BCUT2D eigenvalue weighted by atomic mass is 10.2. The van der Waals surface area contributed by atoms with Gasteiger partial charge in [-0.1, -0.05) is 13.3 Å². The van der Waals surface area contributed by atoms with Crippen molar-refractivity contribution >= 4 is 47.6 Å². The van der Waals surface area contributed by atoms with Crippen LogP contribution in [0.2, 0.25) is 0 Å². The van der Waals surface area contributed by atoms with E-state index in [9.17, 15) is 0 Å². The van der Waals surface area contributed by atoms with Crippen LogP contribution in [0.5, 0.6) is 0 Å². The number of nitrogens with zero attached hydrogens (tertiary/aromatic N) is 2. The average Bonchev–Trinajstić information content (AvgIpc) is 2.27. The van der Waals surface area contributed by atoms with Crippen molar-refractivity contribution in [1.82, 2.24) is 19.9 Å². The molecule has 9 heteroatoms. The molecule has 17 heavy (non-hydrogen) atoms. The lowest BCUT2D eigenvalue weighted by molar-refractivity contribution is 0.752. The second kappa shape index (κ2) is 9.49. The van der Waals surface area contributed by atoms with Crippen LogP contribution >= 0.6 is 36.0 Å². The SMILES string of the molecule is CCCCc1nc(NNCl)cc(NNCl)n1.Cl. The first-order valence-electron chi connectivity index (χ1n) is 4.91. The number of rotatable bonds is 7. The molecular weight excluding hydrogens is 286 g/mol. The Morgan fingerprint density at radius 3 is 2.06 bits per heavy atom. The van der Waals surface area contributed by atoms with E-state index in [1.54, 1.807) is 6.07 Å². The molecule has 6 nitrogen and oxygen atoms in total. The van der Waals surface area contributed by atoms with E-state index < -0.39 is 0 Å². The number of unbranched alkanes of at least 4 members (excludes halogenated alkanes) is 1. The molecule has 1 heterocycles. The Morgan fingerprint density at radius 1 is 1.12 bits per heavy atom. The highest BCUT2D eigenvalue weighted by molar-refractivity contribution is 6.14. The molecule has 0 unspecified atom stereocenters. The molecule has 0 fully saturated rings. The first-order valence-corrected chi connectivity index (χ1v) is 5.67. The summed E-state index contributed by atoms with van der Waals surface area (Å²) in [7, 11) is 0. The van der Waals surface area contributed by atoms with Crippen molar-refractivity contribution in [2.24, 2.45) is 0 Å². The molecular formula is C8H15Cl3N6. The first kappa shape index (κ1) is 16.5. The lowest BCUT2D eigenvalue weighted by Gasteiger charge is -2.08. The van der Waals surface area contributed by atoms with Gasteiger partial charge >= 0.3 is 0 Å². The summed E-state index contributed by atoms with van der Waals surface area (Å²) in [5, 5.41) is 0. The Labute approximate surface area is 116 Å². The van der Waals surface area contributed by atoms with Crippen LogP contribution in [0.25, 0.3) is 0 Å². The Hall–Kier alpha value is -0.530. The first-order chi connectivity index (χ1) is 7.80. The molecule has 1 aromatic rings. The summed E-state index contributed by atoms with van der Waals surface area (Å²) in [5.41, 5.74) is 5.35. The van der Waals surface area contributed by atoms with Gasteiger partial charge in [0, 0.05) is 12.5 Å². The average molecular weight is 302 g/mol. The smallest absolute Gasteiger partial charge is 0.147 e. The highest BCUT2D eigenvalue weighted by Crippen LogP contribution is 2.11. The molecule has 0 radical (unpaired) electrons. The van der Waals surface area contributed by atoms with Gasteiger partial charge in [0.25, 0.3) is 0 Å². The number of halogens is 3. The summed E-state index contributed by atoms with van der Waals surface area (Å²) in [6.07, 6.45) is 2.93. The van der Waals surface area contributed by atoms with Gasteiger partial charge in [0.2, 0.25) is 0 Å². The molecule has 0 saturated carbocycles. The van der Waals surface area contributed by atoms with Gasteiger partial charge < -0.3 is 0 Å². The van der Waals surface area contributed by atoms with Gasteiger partial charge in [0.1, 0.15) is 17.5 Å². The van der Waals surface area contributed by atoms with E-state index in [1.807, 2.05) is 0 Å². The molecule has 0 aromatic carbocycles. The summed E-state index contributed by atoms with van der Waals surface area (Å²) < 4.78 is 0. The minimum absolute atomic E-state index is 0. The molecule has 0 aliphatic carbocycles. The van der Waals surface area contributed by atoms with E-state index in [4.69, 9.17) is 23.6 Å². The fourth-order valence-corrected chi connectivity index (χ4v) is 1.36. The van der Waals surface area contributed by atoms with Gasteiger partial charge in [0.15, 0.2) is 0 Å². The molecule has 0 aliphatic heterocycles. The van der Waals surface area contributed by atoms with Gasteiger partial charge in [-0.2, -0.15) is 0 Å². The number of anilines is 2. The molecule has 4 N–H and O–H groups in total. The quantitative estimate of drug-likeness (QED) is 0.458. The van der Waals surface area contributed by atoms with Crippen molar-refractivity contribution in [2.45, 2.75) is 26.2 Å². The van der Waals surface area contributed by atoms with Crippen LogP contribution in [0.1, 0.15) is 25.6 Å². The molecule has 1 aromatic heterocycles. The van der Waals surface area contributed by atoms with Gasteiger partial charge in [-0.25, -0.2) is 9.97 Å². The Kier molecular flexibility index (Phi) is 9.20. The minimum atomic E-state index is 0. The minimum Gasteiger partial charge on any atom is -0.291 e. The van der Waals surface area contributed by atoms with E-state index in [1.165, 1.54) is 0 Å². The van der Waals surface area contributed by atoms with Crippen molar-refractivity contribution in [2.75, 3.05) is 10.9 Å². The van der Waals surface area contributed by atoms with Gasteiger partial charge in [0.05, 0.1) is 0 Å². The monoisotopic (exact) mass is 300 g/mol. The highest BCUT2D eigenvalue weighted by atomic mass is 35.5. The maximum Gasteiger partial charge on any atom is 0.147 e. The predicted octanol–water partition coefficient (Wildman–Crippen LogP) is 2.38. The standard InChI is InChI=1S/C8H14Cl2N6.ClH/c1-2-3-4-6-11-7(13-15-9)5-8(12-6)14-16-10;/h5,15-16H,2-4H2,1H3,(H2,11,12,13,14);1H. The van der Waals surface area contributed by atoms with Crippen LogP contribution < -0.4 is 20.7 Å². The largest absolute Gasteiger partial charge is 0.291 e. The van der Waals surface area contributed by atoms with Crippen molar-refractivity contribution in [1.29, 1.82) is 0 Å². The molecule has 0 spiro atoms. The zero-order valence-electron chi connectivity index (χ0n) is 9.26. The van der Waals surface area contributed by atoms with Crippen molar-refractivity contribution in [3.63, 3.8) is 0 Å². The summed E-state index contributed by atoms with van der Waals surface area (Å²) >= 11 is 10.7. The van der Waals surface area contributed by atoms with Crippen LogP contribution in [-0.4, -0.2) is 9.97 Å². The summed E-state index contributed by atoms with van der Waals surface area (Å²) in [5.74, 6) is 1.88. The number of hydrogen-bond donors (Lipinski definition) is 4. The molecule has 0 saturated heterocycles. The molecule has 0 bridgehead atoms. The van der Waals surface area contributed by atoms with E-state index in [0.717, 1.165) is 25.1 Å². The number of hydrogen-bond acceptors (Lipinski definition) is 6. The van der Waals surface area contributed by atoms with E-state index in [0.29, 0.717) is 11.6 Å². The molecule has 98 valence electrons. The fraction of sp³-hybridized carbons (Fsp3) is 0.500. The number of hydrazine groups is 2. The number of nitrogens with one attached hydrogen (secondary N) is 4. The van der Waals surface area contributed by atoms with Crippen molar-refractivity contribution < 1.29 is 0 Å². The summed E-state index contributed by atoms with van der Waals surface area (Å²) in [4.78, 5) is 13.1. The third-order valence-electron chi connectivity index (χ3n) is 1.88.